The lowest BCUT2D eigenvalue weighted by Gasteiger charge is -2.02. The van der Waals surface area contributed by atoms with Gasteiger partial charge in [0.25, 0.3) is 0 Å². The van der Waals surface area contributed by atoms with Crippen LogP contribution in [-0.4, -0.2) is 15.3 Å². The van der Waals surface area contributed by atoms with Crippen LogP contribution < -0.4 is 0 Å². The number of carbonyl (C=O) groups excluding carboxylic acids is 1. The van der Waals surface area contributed by atoms with E-state index in [1.165, 1.54) is 18.2 Å². The summed E-state index contributed by atoms with van der Waals surface area (Å²) in [6, 6.07) is 3.97. The van der Waals surface area contributed by atoms with Crippen LogP contribution in [0.5, 0.6) is 0 Å². The molecule has 0 bridgehead atoms. The predicted molar refractivity (Wildman–Crippen MR) is 62.7 cm³/mol. The Hall–Kier alpha value is -1.68. The highest BCUT2D eigenvalue weighted by atomic mass is 35.5. The van der Waals surface area contributed by atoms with Crippen molar-refractivity contribution in [3.05, 3.63) is 52.8 Å². The molecule has 0 atom stereocenters. The number of ketones is 1. The largest absolute Gasteiger partial charge is 0.340 e. The van der Waals surface area contributed by atoms with Gasteiger partial charge in [0.1, 0.15) is 11.5 Å². The molecule has 0 aliphatic rings. The van der Waals surface area contributed by atoms with Gasteiger partial charge in [-0.15, -0.1) is 0 Å². The van der Waals surface area contributed by atoms with Crippen LogP contribution in [0, 0.1) is 5.82 Å². The topological polar surface area (TPSA) is 34.9 Å². The summed E-state index contributed by atoms with van der Waals surface area (Å²) in [5.41, 5.74) is 0.829. The second-order valence-corrected chi connectivity index (χ2v) is 4.17. The Bertz CT molecular complexity index is 565. The van der Waals surface area contributed by atoms with Crippen molar-refractivity contribution in [2.24, 2.45) is 7.05 Å². The molecule has 0 saturated carbocycles. The first-order valence-corrected chi connectivity index (χ1v) is 5.39. The van der Waals surface area contributed by atoms with Crippen LogP contribution in [0.2, 0.25) is 5.02 Å². The van der Waals surface area contributed by atoms with Crippen molar-refractivity contribution in [2.45, 2.75) is 6.42 Å². The van der Waals surface area contributed by atoms with E-state index in [-0.39, 0.29) is 12.2 Å². The third-order valence-electron chi connectivity index (χ3n) is 2.35. The molecule has 0 aliphatic heterocycles. The van der Waals surface area contributed by atoms with Gasteiger partial charge >= 0.3 is 0 Å². The third kappa shape index (κ3) is 2.71. The molecule has 2 aromatic rings. The Balaban J connectivity index is 2.21. The highest BCUT2D eigenvalue weighted by Gasteiger charge is 2.12. The minimum absolute atomic E-state index is 0.0492. The smallest absolute Gasteiger partial charge is 0.187 e. The van der Waals surface area contributed by atoms with Crippen LogP contribution in [-0.2, 0) is 13.5 Å². The standard InChI is InChI=1S/C12H10ClFN2O/c1-16-6-11(15-7-16)12(17)5-8-4-9(14)2-3-10(8)13/h2-4,6-7H,5H2,1H3. The number of imidazole rings is 1. The van der Waals surface area contributed by atoms with Gasteiger partial charge in [0.2, 0.25) is 0 Å². The zero-order valence-corrected chi connectivity index (χ0v) is 9.91. The van der Waals surface area contributed by atoms with Gasteiger partial charge < -0.3 is 4.57 Å². The molecule has 0 N–H and O–H groups in total. The molecule has 0 unspecified atom stereocenters. The second kappa shape index (κ2) is 4.67. The van der Waals surface area contributed by atoms with Crippen LogP contribution in [0.15, 0.2) is 30.7 Å². The molecular weight excluding hydrogens is 243 g/mol. The Labute approximate surface area is 103 Å². The molecular formula is C12H10ClFN2O. The Morgan fingerprint density at radius 2 is 2.29 bits per heavy atom. The molecule has 88 valence electrons. The maximum atomic E-state index is 13.0. The molecule has 0 radical (unpaired) electrons. The molecule has 1 heterocycles. The van der Waals surface area contributed by atoms with Crippen molar-refractivity contribution >= 4 is 17.4 Å². The Morgan fingerprint density at radius 3 is 2.94 bits per heavy atom. The zero-order chi connectivity index (χ0) is 12.4. The molecule has 0 spiro atoms. The van der Waals surface area contributed by atoms with Crippen molar-refractivity contribution in [2.75, 3.05) is 0 Å². The summed E-state index contributed by atoms with van der Waals surface area (Å²) in [4.78, 5) is 15.8. The molecule has 5 heteroatoms. The first-order chi connectivity index (χ1) is 8.06. The molecule has 1 aromatic heterocycles. The van der Waals surface area contributed by atoms with Gasteiger partial charge in [-0.2, -0.15) is 0 Å². The number of nitrogens with zero attached hydrogens (tertiary/aromatic N) is 2. The zero-order valence-electron chi connectivity index (χ0n) is 9.15. The maximum Gasteiger partial charge on any atom is 0.187 e. The van der Waals surface area contributed by atoms with E-state index >= 15 is 0 Å². The molecule has 0 fully saturated rings. The molecule has 0 saturated heterocycles. The van der Waals surface area contributed by atoms with E-state index in [0.717, 1.165) is 0 Å². The predicted octanol–water partition coefficient (Wildman–Crippen LogP) is 2.64. The molecule has 17 heavy (non-hydrogen) atoms. The van der Waals surface area contributed by atoms with Crippen LogP contribution in [0.3, 0.4) is 0 Å². The molecule has 0 aliphatic carbocycles. The van der Waals surface area contributed by atoms with Gasteiger partial charge in [-0.25, -0.2) is 9.37 Å². The fourth-order valence-electron chi connectivity index (χ4n) is 1.50. The number of hydrogen-bond donors (Lipinski definition) is 0. The molecule has 2 rings (SSSR count). The van der Waals surface area contributed by atoms with Crippen LogP contribution >= 0.6 is 11.6 Å². The summed E-state index contributed by atoms with van der Waals surface area (Å²) in [5, 5.41) is 0.385. The van der Waals surface area contributed by atoms with Crippen molar-refractivity contribution in [3.63, 3.8) is 0 Å². The fraction of sp³-hybridized carbons (Fsp3) is 0.167. The number of halogens is 2. The Kier molecular flexibility index (Phi) is 3.24. The van der Waals surface area contributed by atoms with Crippen molar-refractivity contribution < 1.29 is 9.18 Å². The third-order valence-corrected chi connectivity index (χ3v) is 2.72. The normalized spacial score (nSPS) is 10.5. The Morgan fingerprint density at radius 1 is 1.53 bits per heavy atom. The van der Waals surface area contributed by atoms with E-state index in [1.807, 2.05) is 0 Å². The van der Waals surface area contributed by atoms with Gasteiger partial charge in [0.15, 0.2) is 5.78 Å². The minimum atomic E-state index is -0.404. The van der Waals surface area contributed by atoms with E-state index in [1.54, 1.807) is 24.1 Å². The first kappa shape index (κ1) is 11.8. The summed E-state index contributed by atoms with van der Waals surface area (Å²) in [6.07, 6.45) is 3.21. The quantitative estimate of drug-likeness (QED) is 0.787. The van der Waals surface area contributed by atoms with E-state index in [2.05, 4.69) is 4.98 Å². The SMILES string of the molecule is Cn1cnc(C(=O)Cc2cc(F)ccc2Cl)c1. The van der Waals surface area contributed by atoms with Crippen molar-refractivity contribution in [1.82, 2.24) is 9.55 Å². The van der Waals surface area contributed by atoms with Gasteiger partial charge in [-0.1, -0.05) is 11.6 Å². The summed E-state index contributed by atoms with van der Waals surface area (Å²) < 4.78 is 14.7. The second-order valence-electron chi connectivity index (χ2n) is 3.76. The summed E-state index contributed by atoms with van der Waals surface area (Å²) >= 11 is 5.89. The fourth-order valence-corrected chi connectivity index (χ4v) is 1.68. The van der Waals surface area contributed by atoms with Crippen LogP contribution in [0.4, 0.5) is 4.39 Å². The molecule has 3 nitrogen and oxygen atoms in total. The summed E-state index contributed by atoms with van der Waals surface area (Å²) in [7, 11) is 1.78. The average Bonchev–Trinajstić information content (AvgIpc) is 2.70. The van der Waals surface area contributed by atoms with E-state index in [0.29, 0.717) is 16.3 Å². The molecule has 0 amide bonds. The number of rotatable bonds is 3. The number of hydrogen-bond acceptors (Lipinski definition) is 2. The van der Waals surface area contributed by atoms with Gasteiger partial charge in [-0.3, -0.25) is 4.79 Å². The number of aryl methyl sites for hydroxylation is 1. The molecule has 1 aromatic carbocycles. The number of Topliss-reactive ketones (excluding diaryl/α,β-unsaturated/α-hetero) is 1. The first-order valence-electron chi connectivity index (χ1n) is 5.01. The van der Waals surface area contributed by atoms with Crippen LogP contribution in [0.25, 0.3) is 0 Å². The highest BCUT2D eigenvalue weighted by Crippen LogP contribution is 2.18. The monoisotopic (exact) mass is 252 g/mol. The van der Waals surface area contributed by atoms with E-state index in [4.69, 9.17) is 11.6 Å². The van der Waals surface area contributed by atoms with E-state index in [9.17, 15) is 9.18 Å². The van der Waals surface area contributed by atoms with Gasteiger partial charge in [-0.05, 0) is 23.8 Å². The highest BCUT2D eigenvalue weighted by molar-refractivity contribution is 6.31. The van der Waals surface area contributed by atoms with E-state index < -0.39 is 5.82 Å². The van der Waals surface area contributed by atoms with Crippen molar-refractivity contribution in [1.29, 1.82) is 0 Å². The summed E-state index contributed by atoms with van der Waals surface area (Å²) in [6.45, 7) is 0. The van der Waals surface area contributed by atoms with Gasteiger partial charge in [0, 0.05) is 24.7 Å². The van der Waals surface area contributed by atoms with Crippen LogP contribution in [0.1, 0.15) is 16.1 Å². The minimum Gasteiger partial charge on any atom is -0.340 e. The lowest BCUT2D eigenvalue weighted by molar-refractivity contribution is 0.0988. The number of carbonyl (C=O) groups is 1. The average molecular weight is 253 g/mol. The lowest BCUT2D eigenvalue weighted by atomic mass is 10.1. The lowest BCUT2D eigenvalue weighted by Crippen LogP contribution is -2.04. The van der Waals surface area contributed by atoms with Crippen molar-refractivity contribution in [3.8, 4) is 0 Å². The van der Waals surface area contributed by atoms with Gasteiger partial charge in [0.05, 0.1) is 6.33 Å². The summed E-state index contributed by atoms with van der Waals surface area (Å²) in [5.74, 6) is -0.587. The maximum absolute atomic E-state index is 13.0. The number of benzene rings is 1. The number of aromatic nitrogens is 2.